The largest absolute Gasteiger partial charge is 0.370 e. The molecular weight excluding hydrogens is 350 g/mol. The number of alkyl halides is 2. The average Bonchev–Trinajstić information content (AvgIpc) is 3.07. The summed E-state index contributed by atoms with van der Waals surface area (Å²) in [6, 6.07) is 3.90. The third kappa shape index (κ3) is 3.26. The molecule has 2 aliphatic heterocycles. The molecule has 5 nitrogen and oxygen atoms in total. The van der Waals surface area contributed by atoms with Crippen LogP contribution in [0.1, 0.15) is 40.9 Å². The lowest BCUT2D eigenvalue weighted by Crippen LogP contribution is -2.48. The van der Waals surface area contributed by atoms with E-state index in [0.717, 1.165) is 29.9 Å². The Labute approximate surface area is 157 Å². The van der Waals surface area contributed by atoms with Crippen molar-refractivity contribution in [3.05, 3.63) is 52.6 Å². The van der Waals surface area contributed by atoms with Gasteiger partial charge >= 0.3 is 0 Å². The zero-order valence-corrected chi connectivity index (χ0v) is 15.5. The van der Waals surface area contributed by atoms with E-state index in [1.54, 1.807) is 18.0 Å². The Hall–Kier alpha value is -2.57. The number of pyridine rings is 2. The van der Waals surface area contributed by atoms with Gasteiger partial charge in [0.05, 0.1) is 11.9 Å². The van der Waals surface area contributed by atoms with Crippen molar-refractivity contribution in [3.63, 3.8) is 0 Å². The maximum Gasteiger partial charge on any atom is 0.280 e. The molecule has 7 heteroatoms. The van der Waals surface area contributed by atoms with Gasteiger partial charge < -0.3 is 9.80 Å². The fraction of sp³-hybridized carbons (Fsp3) is 0.450. The van der Waals surface area contributed by atoms with Gasteiger partial charge in [0.15, 0.2) is 0 Å². The van der Waals surface area contributed by atoms with Crippen molar-refractivity contribution in [2.75, 3.05) is 18.0 Å². The van der Waals surface area contributed by atoms with Crippen LogP contribution in [0.3, 0.4) is 0 Å². The van der Waals surface area contributed by atoms with E-state index in [1.165, 1.54) is 0 Å². The number of aryl methyl sites for hydroxylation is 1. The summed E-state index contributed by atoms with van der Waals surface area (Å²) in [5.74, 6) is 0.316. The third-order valence-electron chi connectivity index (χ3n) is 5.65. The Balaban J connectivity index is 1.40. The Bertz CT molecular complexity index is 866. The van der Waals surface area contributed by atoms with Gasteiger partial charge in [0.25, 0.3) is 6.43 Å². The van der Waals surface area contributed by atoms with Crippen molar-refractivity contribution in [1.29, 1.82) is 0 Å². The van der Waals surface area contributed by atoms with Crippen LogP contribution in [0.25, 0.3) is 0 Å². The van der Waals surface area contributed by atoms with Crippen molar-refractivity contribution in [3.8, 4) is 0 Å². The van der Waals surface area contributed by atoms with E-state index in [-0.39, 0.29) is 24.1 Å². The molecule has 142 valence electrons. The van der Waals surface area contributed by atoms with Gasteiger partial charge in [-0.15, -0.1) is 0 Å². The molecule has 4 rings (SSSR count). The van der Waals surface area contributed by atoms with E-state index in [2.05, 4.69) is 14.9 Å². The molecule has 27 heavy (non-hydrogen) atoms. The molecule has 0 radical (unpaired) electrons. The van der Waals surface area contributed by atoms with Crippen LogP contribution in [0.15, 0.2) is 24.5 Å². The molecule has 0 aliphatic carbocycles. The highest BCUT2D eigenvalue weighted by molar-refractivity contribution is 5.78. The minimum absolute atomic E-state index is 0.0271. The molecule has 2 aromatic heterocycles. The second-order valence-corrected chi connectivity index (χ2v) is 7.40. The summed E-state index contributed by atoms with van der Waals surface area (Å²) in [4.78, 5) is 24.8. The Kier molecular flexibility index (Phi) is 4.53. The number of hydrogen-bond acceptors (Lipinski definition) is 4. The molecule has 2 aliphatic rings. The Morgan fingerprint density at radius 2 is 2.00 bits per heavy atom. The van der Waals surface area contributed by atoms with Crippen LogP contribution in [0, 0.1) is 19.8 Å². The summed E-state index contributed by atoms with van der Waals surface area (Å²) >= 11 is 0. The van der Waals surface area contributed by atoms with Gasteiger partial charge in [-0.3, -0.25) is 14.8 Å². The lowest BCUT2D eigenvalue weighted by Gasteiger charge is -2.41. The predicted molar refractivity (Wildman–Crippen MR) is 97.5 cm³/mol. The molecule has 2 aromatic rings. The fourth-order valence-corrected chi connectivity index (χ4v) is 3.94. The molecular formula is C20H22F2N4O. The molecule has 1 saturated heterocycles. The van der Waals surface area contributed by atoms with Gasteiger partial charge in [0.2, 0.25) is 5.91 Å². The molecule has 0 atom stereocenters. The minimum Gasteiger partial charge on any atom is -0.370 e. The third-order valence-corrected chi connectivity index (χ3v) is 5.65. The normalized spacial score (nSPS) is 16.6. The molecule has 1 fully saturated rings. The number of fused-ring (bicyclic) bond motifs is 1. The van der Waals surface area contributed by atoms with E-state index in [9.17, 15) is 13.6 Å². The topological polar surface area (TPSA) is 49.3 Å². The quantitative estimate of drug-likeness (QED) is 0.825. The van der Waals surface area contributed by atoms with Gasteiger partial charge in [0.1, 0.15) is 5.69 Å². The Morgan fingerprint density at radius 1 is 1.26 bits per heavy atom. The van der Waals surface area contributed by atoms with Crippen molar-refractivity contribution in [2.24, 2.45) is 5.92 Å². The zero-order chi connectivity index (χ0) is 19.1. The zero-order valence-electron chi connectivity index (χ0n) is 15.5. The monoisotopic (exact) mass is 372 g/mol. The highest BCUT2D eigenvalue weighted by Crippen LogP contribution is 2.35. The standard InChI is InChI=1S/C20H22F2N4O/c1-12-13(2)24-19(20(21)22)17-11-26(10-16(12)17)18(27)6-14-8-25(9-14)15-4-3-5-23-7-15/h3-5,7,14,20H,6,8-11H2,1-2H3. The summed E-state index contributed by atoms with van der Waals surface area (Å²) in [7, 11) is 0. The van der Waals surface area contributed by atoms with E-state index >= 15 is 0 Å². The van der Waals surface area contributed by atoms with Crippen molar-refractivity contribution in [2.45, 2.75) is 39.8 Å². The molecule has 0 saturated carbocycles. The van der Waals surface area contributed by atoms with Crippen LogP contribution < -0.4 is 4.90 Å². The molecule has 0 aromatic carbocycles. The van der Waals surface area contributed by atoms with Crippen LogP contribution in [-0.4, -0.2) is 33.9 Å². The Morgan fingerprint density at radius 3 is 2.67 bits per heavy atom. The summed E-state index contributed by atoms with van der Waals surface area (Å²) in [5, 5.41) is 0. The smallest absolute Gasteiger partial charge is 0.280 e. The van der Waals surface area contributed by atoms with E-state index in [0.29, 0.717) is 24.2 Å². The molecule has 0 N–H and O–H groups in total. The highest BCUT2D eigenvalue weighted by atomic mass is 19.3. The number of carbonyl (C=O) groups is 1. The first kappa shape index (κ1) is 17.8. The lowest BCUT2D eigenvalue weighted by atomic mass is 9.95. The van der Waals surface area contributed by atoms with Gasteiger partial charge in [-0.2, -0.15) is 0 Å². The van der Waals surface area contributed by atoms with Crippen LogP contribution >= 0.6 is 0 Å². The minimum atomic E-state index is -2.62. The number of amides is 1. The van der Waals surface area contributed by atoms with Crippen LogP contribution in [0.5, 0.6) is 0 Å². The summed E-state index contributed by atoms with van der Waals surface area (Å²) in [5.41, 5.74) is 3.80. The average molecular weight is 372 g/mol. The van der Waals surface area contributed by atoms with Crippen molar-refractivity contribution in [1.82, 2.24) is 14.9 Å². The molecule has 1 amide bonds. The number of rotatable bonds is 4. The van der Waals surface area contributed by atoms with Gasteiger partial charge in [-0.05, 0) is 37.1 Å². The highest BCUT2D eigenvalue weighted by Gasteiger charge is 2.34. The molecule has 0 bridgehead atoms. The summed E-state index contributed by atoms with van der Waals surface area (Å²) in [6.45, 7) is 5.92. The first-order chi connectivity index (χ1) is 12.9. The molecule has 0 spiro atoms. The summed E-state index contributed by atoms with van der Waals surface area (Å²) < 4.78 is 26.7. The first-order valence-corrected chi connectivity index (χ1v) is 9.13. The number of hydrogen-bond donors (Lipinski definition) is 0. The van der Waals surface area contributed by atoms with Crippen LogP contribution in [0.4, 0.5) is 14.5 Å². The van der Waals surface area contributed by atoms with Crippen LogP contribution in [-0.2, 0) is 17.9 Å². The number of aromatic nitrogens is 2. The second kappa shape index (κ2) is 6.87. The van der Waals surface area contributed by atoms with Crippen molar-refractivity contribution < 1.29 is 13.6 Å². The van der Waals surface area contributed by atoms with E-state index in [1.807, 2.05) is 25.3 Å². The summed E-state index contributed by atoms with van der Waals surface area (Å²) in [6.07, 6.45) is 1.38. The second-order valence-electron chi connectivity index (χ2n) is 7.40. The van der Waals surface area contributed by atoms with Gasteiger partial charge in [-0.1, -0.05) is 0 Å². The van der Waals surface area contributed by atoms with Gasteiger partial charge in [-0.25, -0.2) is 8.78 Å². The number of carbonyl (C=O) groups excluding carboxylic acids is 1. The number of nitrogens with zero attached hydrogens (tertiary/aromatic N) is 4. The first-order valence-electron chi connectivity index (χ1n) is 9.13. The van der Waals surface area contributed by atoms with Crippen LogP contribution in [0.2, 0.25) is 0 Å². The SMILES string of the molecule is Cc1nc(C(F)F)c2c(c1C)CN(C(=O)CC1CN(c3cccnc3)C1)C2. The molecule has 4 heterocycles. The van der Waals surface area contributed by atoms with E-state index in [4.69, 9.17) is 0 Å². The maximum absolute atomic E-state index is 13.4. The predicted octanol–water partition coefficient (Wildman–Crippen LogP) is 3.40. The van der Waals surface area contributed by atoms with Gasteiger partial charge in [0, 0.05) is 56.0 Å². The van der Waals surface area contributed by atoms with E-state index < -0.39 is 6.43 Å². The lowest BCUT2D eigenvalue weighted by molar-refractivity contribution is -0.133. The number of anilines is 1. The maximum atomic E-state index is 13.4. The molecule has 0 unspecified atom stereocenters. The fourth-order valence-electron chi connectivity index (χ4n) is 3.94. The van der Waals surface area contributed by atoms with Crippen molar-refractivity contribution >= 4 is 11.6 Å². The number of halogens is 2.